The van der Waals surface area contributed by atoms with Crippen LogP contribution in [0.1, 0.15) is 41.5 Å². The minimum atomic E-state index is -0.399. The Morgan fingerprint density at radius 3 is 2.01 bits per heavy atom. The van der Waals surface area contributed by atoms with Crippen molar-refractivity contribution in [3.05, 3.63) is 234 Å². The highest BCUT2D eigenvalue weighted by molar-refractivity contribution is 8.00. The Morgan fingerprint density at radius 1 is 0.537 bits per heavy atom. The highest BCUT2D eigenvalue weighted by Crippen LogP contribution is 2.67. The molecule has 1 atom stereocenters. The van der Waals surface area contributed by atoms with E-state index in [0.717, 1.165) is 19.3 Å². The molecule has 0 fully saturated rings. The van der Waals surface area contributed by atoms with Crippen LogP contribution in [0.15, 0.2) is 222 Å². The van der Waals surface area contributed by atoms with Crippen LogP contribution in [-0.4, -0.2) is 11.3 Å². The number of hydrogen-bond acceptors (Lipinski definition) is 3. The molecule has 7 aliphatic rings. The van der Waals surface area contributed by atoms with Crippen LogP contribution < -0.4 is 26.2 Å². The van der Waals surface area contributed by atoms with E-state index in [2.05, 4.69) is 221 Å². The summed E-state index contributed by atoms with van der Waals surface area (Å²) in [5.41, 5.74) is 26.3. The highest BCUT2D eigenvalue weighted by Gasteiger charge is 2.57. The first-order valence-corrected chi connectivity index (χ1v) is 24.6. The van der Waals surface area contributed by atoms with Gasteiger partial charge in [-0.05, 0) is 135 Å². The van der Waals surface area contributed by atoms with E-state index in [-0.39, 0.29) is 6.71 Å². The Bertz CT molecular complexity index is 3890. The minimum Gasteiger partial charge on any atom is -0.311 e. The van der Waals surface area contributed by atoms with E-state index in [1.807, 2.05) is 11.8 Å². The maximum absolute atomic E-state index is 2.68. The van der Waals surface area contributed by atoms with Gasteiger partial charge in [0.2, 0.25) is 0 Å². The van der Waals surface area contributed by atoms with E-state index in [9.17, 15) is 0 Å². The summed E-state index contributed by atoms with van der Waals surface area (Å²) in [6, 6.07) is 62.5. The van der Waals surface area contributed by atoms with Gasteiger partial charge in [0.25, 0.3) is 6.71 Å². The SMILES string of the molecule is C1=CCC=C(n2c3ccccc3c3c4c5c(cc32)Sc2cc3c(c6c2B5c2c(cccc2N4c2ccccc2)N6c2ccccc2)-c2ccccc2C32C3=C(C=CCC3)c3ccccc32)C=C1. The van der Waals surface area contributed by atoms with Gasteiger partial charge >= 0.3 is 0 Å². The van der Waals surface area contributed by atoms with Crippen molar-refractivity contribution < 1.29 is 0 Å². The van der Waals surface area contributed by atoms with Gasteiger partial charge in [-0.15, -0.1) is 0 Å². The van der Waals surface area contributed by atoms with Crippen LogP contribution in [0.2, 0.25) is 0 Å². The van der Waals surface area contributed by atoms with Crippen molar-refractivity contribution in [2.24, 2.45) is 0 Å². The number of nitrogens with zero attached hydrogens (tertiary/aromatic N) is 3. The first kappa shape index (κ1) is 36.5. The zero-order valence-electron chi connectivity index (χ0n) is 36.6. The summed E-state index contributed by atoms with van der Waals surface area (Å²) in [6.45, 7) is 0.00680. The molecule has 4 aliphatic carbocycles. The van der Waals surface area contributed by atoms with Gasteiger partial charge < -0.3 is 14.4 Å². The first-order valence-electron chi connectivity index (χ1n) is 23.8. The zero-order valence-corrected chi connectivity index (χ0v) is 37.4. The van der Waals surface area contributed by atoms with Crippen LogP contribution in [-0.2, 0) is 5.41 Å². The standard InChI is InChI=1S/C62H40BN3S/c1-2-6-21-38(20-5-1)64-49-33-18-14-29-44(49)56-52(64)37-54-59-61(56)66(40-24-9-4-10-25-40)51-35-19-34-50-57(51)63(59)58-53(67-54)36-48-55(60(58)65(50)39-22-7-3-8-23-39)43-28-13-17-32-47(43)62(48)45-30-15-11-26-41(45)42-27-12-16-31-46(42)62/h1-5,7-15,17-30,32-37H,6,16,31H2. The quantitative estimate of drug-likeness (QED) is 0.164. The summed E-state index contributed by atoms with van der Waals surface area (Å²) in [5, 5.41) is 2.57. The Kier molecular flexibility index (Phi) is 7.20. The van der Waals surface area contributed by atoms with E-state index >= 15 is 0 Å². The molecule has 67 heavy (non-hydrogen) atoms. The summed E-state index contributed by atoms with van der Waals surface area (Å²) in [6.07, 6.45) is 19.1. The molecule has 5 heteroatoms. The second kappa shape index (κ2) is 13.2. The number of anilines is 6. The molecule has 312 valence electrons. The molecule has 8 aromatic carbocycles. The van der Waals surface area contributed by atoms with Crippen LogP contribution in [0, 0.1) is 0 Å². The van der Waals surface area contributed by atoms with Crippen LogP contribution in [0.3, 0.4) is 0 Å². The average Bonchev–Trinajstić information content (AvgIpc) is 3.87. The minimum absolute atomic E-state index is 0.00680. The fourth-order valence-electron chi connectivity index (χ4n) is 13.5. The summed E-state index contributed by atoms with van der Waals surface area (Å²) in [4.78, 5) is 7.96. The fraction of sp³-hybridized carbons (Fsp3) is 0.0645. The second-order valence-corrected chi connectivity index (χ2v) is 19.9. The topological polar surface area (TPSA) is 11.4 Å². The van der Waals surface area contributed by atoms with Crippen LogP contribution >= 0.6 is 11.8 Å². The van der Waals surface area contributed by atoms with E-state index in [1.165, 1.54) is 127 Å². The molecule has 1 spiro atoms. The fourth-order valence-corrected chi connectivity index (χ4v) is 14.8. The van der Waals surface area contributed by atoms with Crippen LogP contribution in [0.5, 0.6) is 0 Å². The lowest BCUT2D eigenvalue weighted by Gasteiger charge is -2.48. The molecule has 1 aromatic heterocycles. The van der Waals surface area contributed by atoms with Gasteiger partial charge in [-0.2, -0.15) is 0 Å². The van der Waals surface area contributed by atoms with E-state index in [4.69, 9.17) is 0 Å². The van der Waals surface area contributed by atoms with Crippen molar-refractivity contribution in [1.29, 1.82) is 0 Å². The molecule has 0 amide bonds. The summed E-state index contributed by atoms with van der Waals surface area (Å²) in [7, 11) is 0. The third-order valence-corrected chi connectivity index (χ3v) is 16.9. The highest BCUT2D eigenvalue weighted by atomic mass is 32.2. The molecule has 0 bridgehead atoms. The van der Waals surface area contributed by atoms with Gasteiger partial charge in [0, 0.05) is 54.6 Å². The third kappa shape index (κ3) is 4.47. The molecule has 1 unspecified atom stereocenters. The molecule has 4 heterocycles. The smallest absolute Gasteiger partial charge is 0.255 e. The molecule has 0 N–H and O–H groups in total. The number of allylic oxidation sites excluding steroid dienone is 10. The van der Waals surface area contributed by atoms with E-state index in [0.29, 0.717) is 0 Å². The van der Waals surface area contributed by atoms with Crippen molar-refractivity contribution in [1.82, 2.24) is 4.57 Å². The molecule has 0 radical (unpaired) electrons. The van der Waals surface area contributed by atoms with Gasteiger partial charge in [0.15, 0.2) is 0 Å². The maximum Gasteiger partial charge on any atom is 0.255 e. The number of aromatic nitrogens is 1. The van der Waals surface area contributed by atoms with Crippen molar-refractivity contribution in [2.75, 3.05) is 9.80 Å². The number of benzene rings is 8. The predicted molar refractivity (Wildman–Crippen MR) is 282 cm³/mol. The Labute approximate surface area is 394 Å². The maximum atomic E-state index is 2.68. The lowest BCUT2D eigenvalue weighted by molar-refractivity contribution is 0.712. The van der Waals surface area contributed by atoms with Crippen molar-refractivity contribution in [3.8, 4) is 11.1 Å². The largest absolute Gasteiger partial charge is 0.311 e. The molecule has 0 saturated heterocycles. The molecule has 3 aliphatic heterocycles. The normalized spacial score (nSPS) is 18.3. The van der Waals surface area contributed by atoms with Crippen molar-refractivity contribution in [3.63, 3.8) is 0 Å². The monoisotopic (exact) mass is 869 g/mol. The molecular formula is C62H40BN3S. The van der Waals surface area contributed by atoms with E-state index in [1.54, 1.807) is 5.57 Å². The Morgan fingerprint density at radius 2 is 1.21 bits per heavy atom. The number of hydrogen-bond donors (Lipinski definition) is 0. The summed E-state index contributed by atoms with van der Waals surface area (Å²) in [5.74, 6) is 0. The second-order valence-electron chi connectivity index (χ2n) is 18.9. The Hall–Kier alpha value is -7.73. The first-order chi connectivity index (χ1) is 33.3. The number of para-hydroxylation sites is 3. The lowest BCUT2D eigenvalue weighted by Crippen LogP contribution is -2.63. The predicted octanol–water partition coefficient (Wildman–Crippen LogP) is 14.1. The molecule has 9 aromatic rings. The van der Waals surface area contributed by atoms with Gasteiger partial charge in [-0.1, -0.05) is 157 Å². The summed E-state index contributed by atoms with van der Waals surface area (Å²) >= 11 is 2.00. The van der Waals surface area contributed by atoms with Gasteiger partial charge in [0.05, 0.1) is 27.8 Å². The number of rotatable bonds is 3. The van der Waals surface area contributed by atoms with Gasteiger partial charge in [-0.3, -0.25) is 0 Å². The molecule has 16 rings (SSSR count). The lowest BCUT2D eigenvalue weighted by atomic mass is 9.33. The average molecular weight is 870 g/mol. The van der Waals surface area contributed by atoms with Crippen LogP contribution in [0.25, 0.3) is 44.2 Å². The zero-order chi connectivity index (χ0) is 43.5. The molecule has 3 nitrogen and oxygen atoms in total. The Balaban J connectivity index is 1.09. The summed E-state index contributed by atoms with van der Waals surface area (Å²) < 4.78 is 2.54. The van der Waals surface area contributed by atoms with Crippen molar-refractivity contribution in [2.45, 2.75) is 34.5 Å². The van der Waals surface area contributed by atoms with Gasteiger partial charge in [-0.25, -0.2) is 0 Å². The van der Waals surface area contributed by atoms with Crippen LogP contribution in [0.4, 0.5) is 34.1 Å². The molecular weight excluding hydrogens is 830 g/mol. The van der Waals surface area contributed by atoms with Crippen molar-refractivity contribution >= 4 is 102 Å². The molecule has 0 saturated carbocycles. The number of fused-ring (bicyclic) bond motifs is 14. The third-order valence-electron chi connectivity index (χ3n) is 15.8. The van der Waals surface area contributed by atoms with E-state index < -0.39 is 5.41 Å². The van der Waals surface area contributed by atoms with Gasteiger partial charge in [0.1, 0.15) is 0 Å².